The van der Waals surface area contributed by atoms with Gasteiger partial charge in [0, 0.05) is 13.5 Å². The lowest BCUT2D eigenvalue weighted by molar-refractivity contribution is -0.146. The number of methoxy groups -OCH3 is 1. The van der Waals surface area contributed by atoms with Crippen LogP contribution in [0.5, 0.6) is 5.75 Å². The number of ether oxygens (including phenoxy) is 4. The molecule has 170 valence electrons. The Morgan fingerprint density at radius 2 is 1.65 bits per heavy atom. The van der Waals surface area contributed by atoms with Crippen molar-refractivity contribution in [2.75, 3.05) is 33.5 Å². The first-order valence-corrected chi connectivity index (χ1v) is 9.69. The van der Waals surface area contributed by atoms with Crippen molar-refractivity contribution < 1.29 is 38.1 Å². The maximum Gasteiger partial charge on any atom is 0.338 e. The van der Waals surface area contributed by atoms with Gasteiger partial charge >= 0.3 is 11.9 Å². The molecule has 0 aliphatic rings. The Balaban J connectivity index is 2.23. The third kappa shape index (κ3) is 11.5. The highest BCUT2D eigenvalue weighted by Crippen LogP contribution is 2.12. The number of esters is 2. The first-order valence-electron chi connectivity index (χ1n) is 9.29. The lowest BCUT2D eigenvalue weighted by atomic mass is 10.2. The lowest BCUT2D eigenvalue weighted by Gasteiger charge is -2.11. The number of carbonyl (C=O) groups is 4. The van der Waals surface area contributed by atoms with Crippen LogP contribution in [0.3, 0.4) is 0 Å². The molecule has 0 bridgehead atoms. The van der Waals surface area contributed by atoms with Crippen molar-refractivity contribution in [2.45, 2.75) is 19.8 Å². The zero-order valence-corrected chi connectivity index (χ0v) is 18.0. The van der Waals surface area contributed by atoms with Crippen molar-refractivity contribution in [1.82, 2.24) is 16.2 Å². The minimum absolute atomic E-state index is 0.112. The molecule has 31 heavy (non-hydrogen) atoms. The van der Waals surface area contributed by atoms with Crippen molar-refractivity contribution in [3.8, 4) is 5.75 Å². The highest BCUT2D eigenvalue weighted by atomic mass is 32.1. The van der Waals surface area contributed by atoms with Crippen LogP contribution in [-0.4, -0.2) is 62.4 Å². The fourth-order valence-electron chi connectivity index (χ4n) is 1.96. The Morgan fingerprint density at radius 1 is 0.935 bits per heavy atom. The Bertz CT molecular complexity index is 770. The van der Waals surface area contributed by atoms with E-state index >= 15 is 0 Å². The summed E-state index contributed by atoms with van der Waals surface area (Å²) < 4.78 is 19.7. The molecule has 0 heterocycles. The summed E-state index contributed by atoms with van der Waals surface area (Å²) in [5.74, 6) is -1.70. The second kappa shape index (κ2) is 14.7. The normalized spacial score (nSPS) is 9.87. The Labute approximate surface area is 184 Å². The van der Waals surface area contributed by atoms with Crippen LogP contribution in [0.1, 0.15) is 30.1 Å². The van der Waals surface area contributed by atoms with Crippen LogP contribution in [-0.2, 0) is 28.6 Å². The standard InChI is InChI=1S/C19H25N3O8S/c1-3-28-18(26)13-4-6-14(7-5-13)30-12-16(24)21-22-19(31)20-15(23)8-9-17(25)29-11-10-27-2/h4-7H,3,8-12H2,1-2H3,(H,21,24)(H2,20,22,23,31). The first kappa shape index (κ1) is 25.8. The number of amides is 2. The van der Waals surface area contributed by atoms with Crippen LogP contribution in [0.25, 0.3) is 0 Å². The third-order valence-corrected chi connectivity index (χ3v) is 3.61. The van der Waals surface area contributed by atoms with Crippen molar-refractivity contribution in [3.05, 3.63) is 29.8 Å². The SMILES string of the molecule is CCOC(=O)c1ccc(OCC(=O)NNC(=S)NC(=O)CCC(=O)OCCOC)cc1. The minimum atomic E-state index is -0.562. The monoisotopic (exact) mass is 455 g/mol. The number of carbonyl (C=O) groups excluding carboxylic acids is 4. The first-order chi connectivity index (χ1) is 14.8. The molecule has 0 aliphatic heterocycles. The predicted octanol–water partition coefficient (Wildman–Crippen LogP) is 0.234. The van der Waals surface area contributed by atoms with Crippen LogP contribution < -0.4 is 20.9 Å². The number of hydrogen-bond acceptors (Lipinski definition) is 9. The quantitative estimate of drug-likeness (QED) is 0.184. The lowest BCUT2D eigenvalue weighted by Crippen LogP contribution is -2.49. The van der Waals surface area contributed by atoms with Gasteiger partial charge in [-0.1, -0.05) is 0 Å². The second-order valence-corrected chi connectivity index (χ2v) is 6.21. The summed E-state index contributed by atoms with van der Waals surface area (Å²) in [4.78, 5) is 46.5. The zero-order valence-electron chi connectivity index (χ0n) is 17.2. The van der Waals surface area contributed by atoms with Crippen molar-refractivity contribution in [2.24, 2.45) is 0 Å². The maximum absolute atomic E-state index is 11.8. The highest BCUT2D eigenvalue weighted by Gasteiger charge is 2.11. The summed E-state index contributed by atoms with van der Waals surface area (Å²) in [5.41, 5.74) is 4.96. The van der Waals surface area contributed by atoms with Gasteiger partial charge in [0.05, 0.1) is 25.2 Å². The van der Waals surface area contributed by atoms with Gasteiger partial charge in [0.2, 0.25) is 5.91 Å². The van der Waals surface area contributed by atoms with E-state index in [1.54, 1.807) is 6.92 Å². The number of rotatable bonds is 11. The average Bonchev–Trinajstić information content (AvgIpc) is 2.75. The van der Waals surface area contributed by atoms with E-state index < -0.39 is 23.8 Å². The summed E-state index contributed by atoms with van der Waals surface area (Å²) in [6, 6.07) is 6.08. The van der Waals surface area contributed by atoms with E-state index in [1.165, 1.54) is 31.4 Å². The van der Waals surface area contributed by atoms with Gasteiger partial charge in [0.25, 0.3) is 5.91 Å². The fraction of sp³-hybridized carbons (Fsp3) is 0.421. The summed E-state index contributed by atoms with van der Waals surface area (Å²) in [6.07, 6.45) is -0.250. The predicted molar refractivity (Wildman–Crippen MR) is 112 cm³/mol. The van der Waals surface area contributed by atoms with Crippen molar-refractivity contribution >= 4 is 41.1 Å². The van der Waals surface area contributed by atoms with Gasteiger partial charge in [-0.05, 0) is 43.4 Å². The molecule has 0 atom stereocenters. The molecule has 12 heteroatoms. The van der Waals surface area contributed by atoms with Crippen LogP contribution in [0.2, 0.25) is 0 Å². The molecule has 0 spiro atoms. The van der Waals surface area contributed by atoms with Crippen LogP contribution >= 0.6 is 12.2 Å². The molecule has 11 nitrogen and oxygen atoms in total. The van der Waals surface area contributed by atoms with E-state index in [-0.39, 0.29) is 44.4 Å². The van der Waals surface area contributed by atoms with Gasteiger partial charge in [-0.25, -0.2) is 4.79 Å². The molecule has 0 unspecified atom stereocenters. The molecular formula is C19H25N3O8S. The summed E-state index contributed by atoms with van der Waals surface area (Å²) in [7, 11) is 1.48. The average molecular weight is 455 g/mol. The molecule has 0 saturated carbocycles. The van der Waals surface area contributed by atoms with Gasteiger partial charge < -0.3 is 24.3 Å². The van der Waals surface area contributed by atoms with E-state index in [1.807, 2.05) is 0 Å². The van der Waals surface area contributed by atoms with Gasteiger partial charge in [-0.15, -0.1) is 0 Å². The fourth-order valence-corrected chi connectivity index (χ4v) is 2.12. The zero-order chi connectivity index (χ0) is 23.1. The molecule has 1 aromatic rings. The topological polar surface area (TPSA) is 141 Å². The largest absolute Gasteiger partial charge is 0.484 e. The van der Waals surface area contributed by atoms with Crippen molar-refractivity contribution in [1.29, 1.82) is 0 Å². The number of benzene rings is 1. The van der Waals surface area contributed by atoms with E-state index in [2.05, 4.69) is 16.2 Å². The van der Waals surface area contributed by atoms with Crippen LogP contribution in [0.4, 0.5) is 0 Å². The van der Waals surface area contributed by atoms with Crippen LogP contribution in [0, 0.1) is 0 Å². The highest BCUT2D eigenvalue weighted by molar-refractivity contribution is 7.80. The molecule has 0 fully saturated rings. The number of thiocarbonyl (C=S) groups is 1. The molecule has 0 aromatic heterocycles. The summed E-state index contributed by atoms with van der Waals surface area (Å²) >= 11 is 4.88. The molecule has 1 aromatic carbocycles. The maximum atomic E-state index is 11.8. The smallest absolute Gasteiger partial charge is 0.338 e. The van der Waals surface area contributed by atoms with Crippen LogP contribution in [0.15, 0.2) is 24.3 Å². The molecule has 1 rings (SSSR count). The molecule has 3 N–H and O–H groups in total. The number of nitrogens with one attached hydrogen (secondary N) is 3. The van der Waals surface area contributed by atoms with E-state index in [9.17, 15) is 19.2 Å². The Hall–Kier alpha value is -3.25. The third-order valence-electron chi connectivity index (χ3n) is 3.41. The molecule has 0 radical (unpaired) electrons. The molecule has 0 aliphatic carbocycles. The molecular weight excluding hydrogens is 430 g/mol. The van der Waals surface area contributed by atoms with E-state index in [4.69, 9.17) is 31.2 Å². The van der Waals surface area contributed by atoms with Gasteiger partial charge in [0.15, 0.2) is 11.7 Å². The van der Waals surface area contributed by atoms with Crippen molar-refractivity contribution in [3.63, 3.8) is 0 Å². The van der Waals surface area contributed by atoms with E-state index in [0.29, 0.717) is 11.3 Å². The summed E-state index contributed by atoms with van der Waals surface area (Å²) in [5, 5.41) is 2.16. The summed E-state index contributed by atoms with van der Waals surface area (Å²) in [6.45, 7) is 2.03. The van der Waals surface area contributed by atoms with E-state index in [0.717, 1.165) is 0 Å². The number of hydrogen-bond donors (Lipinski definition) is 3. The molecule has 0 saturated heterocycles. The number of hydrazine groups is 1. The van der Waals surface area contributed by atoms with Gasteiger partial charge in [-0.2, -0.15) is 0 Å². The van der Waals surface area contributed by atoms with Gasteiger partial charge in [0.1, 0.15) is 12.4 Å². The van der Waals surface area contributed by atoms with Gasteiger partial charge in [-0.3, -0.25) is 25.2 Å². The Morgan fingerprint density at radius 3 is 2.29 bits per heavy atom. The second-order valence-electron chi connectivity index (χ2n) is 5.80. The Kier molecular flexibility index (Phi) is 12.2. The molecule has 2 amide bonds. The minimum Gasteiger partial charge on any atom is -0.484 e.